The second-order valence-corrected chi connectivity index (χ2v) is 10.9. The number of fused-ring (bicyclic) bond motifs is 1. The Labute approximate surface area is 249 Å². The van der Waals surface area contributed by atoms with E-state index in [1.807, 2.05) is 30.5 Å². The van der Waals surface area contributed by atoms with Gasteiger partial charge in [-0.2, -0.15) is 4.98 Å². The molecule has 4 aromatic rings. The van der Waals surface area contributed by atoms with Gasteiger partial charge < -0.3 is 24.6 Å². The highest BCUT2D eigenvalue weighted by Gasteiger charge is 2.33. The zero-order valence-corrected chi connectivity index (χ0v) is 24.2. The van der Waals surface area contributed by atoms with E-state index in [4.69, 9.17) is 19.4 Å². The SMILES string of the molecule is CC(C)c1cc(N2CCN(C(=O)c3cccnc3)C(CC(=O)NCCc3ccc4c(c3)OCO4)C2)nc(-n2ccnc2)n1. The van der Waals surface area contributed by atoms with Crippen molar-refractivity contribution in [1.82, 2.24) is 34.7 Å². The number of hydrogen-bond donors (Lipinski definition) is 1. The summed E-state index contributed by atoms with van der Waals surface area (Å²) in [5.41, 5.74) is 2.44. The first-order valence-electron chi connectivity index (χ1n) is 14.4. The maximum absolute atomic E-state index is 13.6. The molecule has 1 unspecified atom stereocenters. The Balaban J connectivity index is 1.18. The Bertz CT molecular complexity index is 1580. The molecule has 3 aromatic heterocycles. The van der Waals surface area contributed by atoms with Crippen molar-refractivity contribution >= 4 is 17.6 Å². The van der Waals surface area contributed by atoms with Crippen LogP contribution in [0.2, 0.25) is 0 Å². The zero-order chi connectivity index (χ0) is 29.8. The number of imidazole rings is 1. The van der Waals surface area contributed by atoms with Gasteiger partial charge in [0.25, 0.3) is 5.91 Å². The fourth-order valence-corrected chi connectivity index (χ4v) is 5.28. The van der Waals surface area contributed by atoms with Crippen molar-refractivity contribution in [1.29, 1.82) is 0 Å². The molecular weight excluding hydrogens is 548 g/mol. The number of anilines is 1. The highest BCUT2D eigenvalue weighted by Crippen LogP contribution is 2.32. The van der Waals surface area contributed by atoms with Crippen molar-refractivity contribution in [3.05, 3.63) is 84.3 Å². The second-order valence-electron chi connectivity index (χ2n) is 10.9. The number of benzene rings is 1. The van der Waals surface area contributed by atoms with Gasteiger partial charge in [0, 0.05) is 63.5 Å². The van der Waals surface area contributed by atoms with Crippen LogP contribution in [0.25, 0.3) is 5.95 Å². The molecule has 0 spiro atoms. The summed E-state index contributed by atoms with van der Waals surface area (Å²) in [6, 6.07) is 10.9. The second kappa shape index (κ2) is 12.5. The number of aromatic nitrogens is 5. The third kappa shape index (κ3) is 6.42. The van der Waals surface area contributed by atoms with Crippen LogP contribution in [-0.2, 0) is 11.2 Å². The number of amides is 2. The van der Waals surface area contributed by atoms with E-state index in [1.54, 1.807) is 46.5 Å². The van der Waals surface area contributed by atoms with Crippen LogP contribution in [0, 0.1) is 0 Å². The number of piperazine rings is 1. The Kier molecular flexibility index (Phi) is 8.16. The summed E-state index contributed by atoms with van der Waals surface area (Å²) < 4.78 is 12.6. The Morgan fingerprint density at radius 2 is 1.93 bits per heavy atom. The van der Waals surface area contributed by atoms with Crippen molar-refractivity contribution in [3.63, 3.8) is 0 Å². The van der Waals surface area contributed by atoms with Gasteiger partial charge >= 0.3 is 0 Å². The summed E-state index contributed by atoms with van der Waals surface area (Å²) in [5.74, 6) is 2.65. The summed E-state index contributed by atoms with van der Waals surface area (Å²) >= 11 is 0. The molecule has 1 N–H and O–H groups in total. The maximum Gasteiger partial charge on any atom is 0.255 e. The van der Waals surface area contributed by atoms with Crippen molar-refractivity contribution in [3.8, 4) is 17.4 Å². The van der Waals surface area contributed by atoms with Crippen LogP contribution in [0.5, 0.6) is 11.5 Å². The van der Waals surface area contributed by atoms with Crippen LogP contribution in [0.15, 0.2) is 67.5 Å². The number of rotatable bonds is 9. The number of carbonyl (C=O) groups excluding carboxylic acids is 2. The number of carbonyl (C=O) groups is 2. The van der Waals surface area contributed by atoms with E-state index in [9.17, 15) is 9.59 Å². The van der Waals surface area contributed by atoms with E-state index >= 15 is 0 Å². The summed E-state index contributed by atoms with van der Waals surface area (Å²) in [4.78, 5) is 48.5. The van der Waals surface area contributed by atoms with E-state index in [-0.39, 0.29) is 37.0 Å². The highest BCUT2D eigenvalue weighted by atomic mass is 16.7. The molecule has 1 fully saturated rings. The van der Waals surface area contributed by atoms with E-state index in [1.165, 1.54) is 0 Å². The summed E-state index contributed by atoms with van der Waals surface area (Å²) in [5, 5.41) is 3.04. The lowest BCUT2D eigenvalue weighted by Gasteiger charge is -2.42. The molecule has 2 aliphatic rings. The molecule has 0 radical (unpaired) electrons. The summed E-state index contributed by atoms with van der Waals surface area (Å²) in [7, 11) is 0. The molecule has 43 heavy (non-hydrogen) atoms. The van der Waals surface area contributed by atoms with Crippen LogP contribution >= 0.6 is 0 Å². The van der Waals surface area contributed by atoms with Gasteiger partial charge in [0.1, 0.15) is 12.1 Å². The first kappa shape index (κ1) is 28.1. The average molecular weight is 583 g/mol. The van der Waals surface area contributed by atoms with E-state index in [2.05, 4.69) is 34.0 Å². The minimum absolute atomic E-state index is 0.124. The molecule has 2 amide bonds. The minimum Gasteiger partial charge on any atom is -0.454 e. The largest absolute Gasteiger partial charge is 0.454 e. The fourth-order valence-electron chi connectivity index (χ4n) is 5.28. The van der Waals surface area contributed by atoms with E-state index in [0.29, 0.717) is 44.1 Å². The van der Waals surface area contributed by atoms with Gasteiger partial charge in [-0.05, 0) is 42.2 Å². The lowest BCUT2D eigenvalue weighted by molar-refractivity contribution is -0.122. The van der Waals surface area contributed by atoms with Crippen molar-refractivity contribution in [2.75, 3.05) is 37.9 Å². The smallest absolute Gasteiger partial charge is 0.255 e. The van der Waals surface area contributed by atoms with Crippen molar-refractivity contribution < 1.29 is 19.1 Å². The minimum atomic E-state index is -0.374. The number of ether oxygens (including phenoxy) is 2. The maximum atomic E-state index is 13.6. The fraction of sp³-hybridized carbons (Fsp3) is 0.355. The molecule has 12 nitrogen and oxygen atoms in total. The average Bonchev–Trinajstić information content (AvgIpc) is 3.74. The summed E-state index contributed by atoms with van der Waals surface area (Å²) in [6.45, 7) is 6.30. The van der Waals surface area contributed by atoms with Gasteiger partial charge in [0.05, 0.1) is 17.3 Å². The van der Waals surface area contributed by atoms with Gasteiger partial charge in [-0.25, -0.2) is 9.97 Å². The molecular formula is C31H34N8O4. The quantitative estimate of drug-likeness (QED) is 0.317. The first-order chi connectivity index (χ1) is 20.9. The van der Waals surface area contributed by atoms with Crippen LogP contribution in [-0.4, -0.2) is 80.2 Å². The van der Waals surface area contributed by atoms with E-state index in [0.717, 1.165) is 28.6 Å². The summed E-state index contributed by atoms with van der Waals surface area (Å²) in [6.07, 6.45) is 9.17. The van der Waals surface area contributed by atoms with Crippen molar-refractivity contribution in [2.24, 2.45) is 0 Å². The van der Waals surface area contributed by atoms with Gasteiger partial charge in [0.15, 0.2) is 11.5 Å². The number of hydrogen-bond acceptors (Lipinski definition) is 9. The van der Waals surface area contributed by atoms with Crippen LogP contribution in [0.3, 0.4) is 0 Å². The highest BCUT2D eigenvalue weighted by molar-refractivity contribution is 5.94. The van der Waals surface area contributed by atoms with Crippen LogP contribution in [0.1, 0.15) is 47.8 Å². The number of nitrogens with zero attached hydrogens (tertiary/aromatic N) is 7. The lowest BCUT2D eigenvalue weighted by Crippen LogP contribution is -2.56. The molecule has 12 heteroatoms. The molecule has 0 bridgehead atoms. The third-order valence-corrected chi connectivity index (χ3v) is 7.62. The molecule has 0 aliphatic carbocycles. The topological polar surface area (TPSA) is 128 Å². The molecule has 2 aliphatic heterocycles. The molecule has 0 saturated carbocycles. The Hall–Kier alpha value is -5.00. The first-order valence-corrected chi connectivity index (χ1v) is 14.4. The standard InChI is InChI=1S/C31H34N8O4/c1-21(2)25-16-28(36-31(35-25)38-11-10-33-19-38)37-12-13-39(30(41)23-4-3-8-32-17-23)24(18-37)15-29(40)34-9-7-22-5-6-26-27(14-22)43-20-42-26/h3-6,8,10-11,14,16-17,19,21,24H,7,9,12-13,15,18,20H2,1-2H3,(H,34,40). The number of pyridine rings is 1. The van der Waals surface area contributed by atoms with Gasteiger partial charge in [-0.15, -0.1) is 0 Å². The molecule has 1 aromatic carbocycles. The number of nitrogens with one attached hydrogen (secondary N) is 1. The third-order valence-electron chi connectivity index (χ3n) is 7.62. The van der Waals surface area contributed by atoms with Gasteiger partial charge in [0.2, 0.25) is 18.6 Å². The normalized spacial score (nSPS) is 16.0. The predicted molar refractivity (Wildman–Crippen MR) is 158 cm³/mol. The van der Waals surface area contributed by atoms with Crippen LogP contribution < -0.4 is 19.7 Å². The predicted octanol–water partition coefficient (Wildman–Crippen LogP) is 2.99. The lowest BCUT2D eigenvalue weighted by atomic mass is 10.0. The molecule has 6 rings (SSSR count). The molecule has 5 heterocycles. The molecule has 1 saturated heterocycles. The van der Waals surface area contributed by atoms with Gasteiger partial charge in [-0.3, -0.25) is 19.1 Å². The Morgan fingerprint density at radius 3 is 2.72 bits per heavy atom. The molecule has 222 valence electrons. The van der Waals surface area contributed by atoms with Crippen molar-refractivity contribution in [2.45, 2.75) is 38.6 Å². The van der Waals surface area contributed by atoms with Crippen LogP contribution in [0.4, 0.5) is 5.82 Å². The monoisotopic (exact) mass is 582 g/mol. The zero-order valence-electron chi connectivity index (χ0n) is 24.2. The van der Waals surface area contributed by atoms with E-state index < -0.39 is 0 Å². The van der Waals surface area contributed by atoms with Gasteiger partial charge in [-0.1, -0.05) is 19.9 Å². The Morgan fingerprint density at radius 1 is 1.05 bits per heavy atom. The molecule has 1 atom stereocenters.